The molecule has 1 aromatic carbocycles. The molecule has 0 saturated heterocycles. The molecule has 2 rings (SSSR count). The minimum Gasteiger partial charge on any atom is -0.508 e. The van der Waals surface area contributed by atoms with E-state index in [1.54, 1.807) is 25.1 Å². The van der Waals surface area contributed by atoms with Crippen molar-refractivity contribution in [2.75, 3.05) is 5.32 Å². The summed E-state index contributed by atoms with van der Waals surface area (Å²) in [7, 11) is 0. The Morgan fingerprint density at radius 1 is 1.42 bits per heavy atom. The molecule has 0 radical (unpaired) electrons. The van der Waals surface area contributed by atoms with Crippen molar-refractivity contribution < 1.29 is 9.90 Å². The summed E-state index contributed by atoms with van der Waals surface area (Å²) in [4.78, 5) is 16.0. The third kappa shape index (κ3) is 3.24. The van der Waals surface area contributed by atoms with Crippen LogP contribution in [-0.2, 0) is 0 Å². The molecule has 0 unspecified atom stereocenters. The van der Waals surface area contributed by atoms with Gasteiger partial charge in [-0.15, -0.1) is 0 Å². The second-order valence-corrected chi connectivity index (χ2v) is 5.22. The quantitative estimate of drug-likeness (QED) is 0.646. The van der Waals surface area contributed by atoms with Crippen LogP contribution in [0.2, 0.25) is 5.15 Å². The van der Waals surface area contributed by atoms with Crippen molar-refractivity contribution in [2.45, 2.75) is 6.92 Å². The van der Waals surface area contributed by atoms with Crippen molar-refractivity contribution >= 4 is 39.1 Å². The summed E-state index contributed by atoms with van der Waals surface area (Å²) in [6, 6.07) is 6.40. The summed E-state index contributed by atoms with van der Waals surface area (Å²) in [6.45, 7) is 1.75. The van der Waals surface area contributed by atoms with Crippen LogP contribution >= 0.6 is 27.5 Å². The van der Waals surface area contributed by atoms with E-state index in [2.05, 4.69) is 26.2 Å². The first-order valence-corrected chi connectivity index (χ1v) is 6.56. The van der Waals surface area contributed by atoms with Crippen molar-refractivity contribution in [3.63, 3.8) is 0 Å². The predicted molar refractivity (Wildman–Crippen MR) is 77.7 cm³/mol. The zero-order chi connectivity index (χ0) is 14.0. The predicted octanol–water partition coefficient (Wildman–Crippen LogP) is 3.76. The molecular weight excluding hydrogens is 332 g/mol. The van der Waals surface area contributed by atoms with Crippen LogP contribution in [0.5, 0.6) is 5.75 Å². The molecule has 0 aliphatic carbocycles. The van der Waals surface area contributed by atoms with Gasteiger partial charge in [-0.25, -0.2) is 4.98 Å². The number of hydrogen-bond donors (Lipinski definition) is 2. The third-order valence-corrected chi connectivity index (χ3v) is 3.24. The highest BCUT2D eigenvalue weighted by Crippen LogP contribution is 2.22. The standard InChI is InChI=1S/C13H10BrClN2O2/c1-7-4-9(2-3-11(7)18)17-13(19)10-5-8(14)6-16-12(10)15/h2-6,18H,1H3,(H,17,19). The summed E-state index contributed by atoms with van der Waals surface area (Å²) in [5, 5.41) is 12.3. The summed E-state index contributed by atoms with van der Waals surface area (Å²) >= 11 is 9.12. The number of nitrogens with zero attached hydrogens (tertiary/aromatic N) is 1. The van der Waals surface area contributed by atoms with Gasteiger partial charge in [-0.3, -0.25) is 4.79 Å². The van der Waals surface area contributed by atoms with Crippen molar-refractivity contribution in [2.24, 2.45) is 0 Å². The molecule has 2 aromatic rings. The molecule has 0 spiro atoms. The number of phenols is 1. The lowest BCUT2D eigenvalue weighted by Crippen LogP contribution is -2.13. The Bertz CT molecular complexity index is 647. The van der Waals surface area contributed by atoms with Gasteiger partial charge in [-0.05, 0) is 52.7 Å². The van der Waals surface area contributed by atoms with Crippen LogP contribution in [0, 0.1) is 6.92 Å². The van der Waals surface area contributed by atoms with Crippen LogP contribution in [0.15, 0.2) is 34.9 Å². The van der Waals surface area contributed by atoms with Gasteiger partial charge in [0.1, 0.15) is 10.9 Å². The second kappa shape index (κ2) is 5.59. The zero-order valence-electron chi connectivity index (χ0n) is 9.95. The maximum absolute atomic E-state index is 12.1. The highest BCUT2D eigenvalue weighted by molar-refractivity contribution is 9.10. The van der Waals surface area contributed by atoms with Gasteiger partial charge in [0.25, 0.3) is 5.91 Å². The molecule has 1 aromatic heterocycles. The van der Waals surface area contributed by atoms with Gasteiger partial charge in [0.2, 0.25) is 0 Å². The molecule has 0 atom stereocenters. The van der Waals surface area contributed by atoms with E-state index < -0.39 is 0 Å². The van der Waals surface area contributed by atoms with E-state index in [-0.39, 0.29) is 22.4 Å². The van der Waals surface area contributed by atoms with E-state index in [1.165, 1.54) is 12.3 Å². The van der Waals surface area contributed by atoms with Crippen LogP contribution < -0.4 is 5.32 Å². The van der Waals surface area contributed by atoms with Gasteiger partial charge < -0.3 is 10.4 Å². The maximum atomic E-state index is 12.1. The van der Waals surface area contributed by atoms with Gasteiger partial charge in [0.15, 0.2) is 0 Å². The van der Waals surface area contributed by atoms with Crippen LogP contribution in [0.1, 0.15) is 15.9 Å². The normalized spacial score (nSPS) is 10.3. The van der Waals surface area contributed by atoms with Crippen LogP contribution in [0.4, 0.5) is 5.69 Å². The molecule has 0 bridgehead atoms. The smallest absolute Gasteiger partial charge is 0.258 e. The van der Waals surface area contributed by atoms with Crippen molar-refractivity contribution in [3.8, 4) is 5.75 Å². The van der Waals surface area contributed by atoms with Crippen LogP contribution in [0.3, 0.4) is 0 Å². The third-order valence-electron chi connectivity index (χ3n) is 2.50. The number of rotatable bonds is 2. The Morgan fingerprint density at radius 3 is 2.84 bits per heavy atom. The minimum absolute atomic E-state index is 0.135. The summed E-state index contributed by atoms with van der Waals surface area (Å²) in [5.74, 6) is -0.177. The summed E-state index contributed by atoms with van der Waals surface area (Å²) in [5.41, 5.74) is 1.54. The lowest BCUT2D eigenvalue weighted by Gasteiger charge is -2.08. The average Bonchev–Trinajstić information content (AvgIpc) is 2.36. The number of carbonyl (C=O) groups excluding carboxylic acids is 1. The zero-order valence-corrected chi connectivity index (χ0v) is 12.3. The molecule has 4 nitrogen and oxygen atoms in total. The average molecular weight is 342 g/mol. The van der Waals surface area contributed by atoms with Gasteiger partial charge in [-0.1, -0.05) is 11.6 Å². The number of halogens is 2. The molecule has 6 heteroatoms. The SMILES string of the molecule is Cc1cc(NC(=O)c2cc(Br)cnc2Cl)ccc1O. The molecule has 2 N–H and O–H groups in total. The first kappa shape index (κ1) is 13.8. The van der Waals surface area contributed by atoms with Gasteiger partial charge >= 0.3 is 0 Å². The molecule has 0 aliphatic rings. The van der Waals surface area contributed by atoms with E-state index in [0.717, 1.165) is 0 Å². The number of nitrogens with one attached hydrogen (secondary N) is 1. The molecule has 0 saturated carbocycles. The first-order valence-electron chi connectivity index (χ1n) is 5.39. The molecule has 0 fully saturated rings. The van der Waals surface area contributed by atoms with Crippen molar-refractivity contribution in [1.29, 1.82) is 0 Å². The van der Waals surface area contributed by atoms with Gasteiger partial charge in [-0.2, -0.15) is 0 Å². The molecule has 98 valence electrons. The number of aromatic hydroxyl groups is 1. The van der Waals surface area contributed by atoms with Crippen molar-refractivity contribution in [3.05, 3.63) is 51.2 Å². The maximum Gasteiger partial charge on any atom is 0.258 e. The van der Waals surface area contributed by atoms with Crippen LogP contribution in [0.25, 0.3) is 0 Å². The van der Waals surface area contributed by atoms with E-state index in [9.17, 15) is 9.90 Å². The number of anilines is 1. The molecule has 19 heavy (non-hydrogen) atoms. The van der Waals surface area contributed by atoms with Gasteiger partial charge in [0.05, 0.1) is 5.56 Å². The highest BCUT2D eigenvalue weighted by Gasteiger charge is 2.12. The Hall–Kier alpha value is -1.59. The van der Waals surface area contributed by atoms with Crippen molar-refractivity contribution in [1.82, 2.24) is 4.98 Å². The lowest BCUT2D eigenvalue weighted by atomic mass is 10.2. The van der Waals surface area contributed by atoms with E-state index >= 15 is 0 Å². The number of carbonyl (C=O) groups is 1. The van der Waals surface area contributed by atoms with E-state index in [4.69, 9.17) is 11.6 Å². The van der Waals surface area contributed by atoms with Gasteiger partial charge in [0, 0.05) is 16.4 Å². The Kier molecular flexibility index (Phi) is 4.07. The lowest BCUT2D eigenvalue weighted by molar-refractivity contribution is 0.102. The fourth-order valence-corrected chi connectivity index (χ4v) is 2.03. The van der Waals surface area contributed by atoms with E-state index in [0.29, 0.717) is 15.7 Å². The minimum atomic E-state index is -0.358. The molecular formula is C13H10BrClN2O2. The van der Waals surface area contributed by atoms with E-state index in [1.807, 2.05) is 0 Å². The number of hydrogen-bond acceptors (Lipinski definition) is 3. The molecule has 1 heterocycles. The summed E-state index contributed by atoms with van der Waals surface area (Å²) < 4.78 is 0.670. The largest absolute Gasteiger partial charge is 0.508 e. The Labute approximate surface area is 123 Å². The number of benzene rings is 1. The number of aromatic nitrogens is 1. The molecule has 0 aliphatic heterocycles. The fraction of sp³-hybridized carbons (Fsp3) is 0.0769. The number of phenolic OH excluding ortho intramolecular Hbond substituents is 1. The number of amides is 1. The number of aryl methyl sites for hydroxylation is 1. The highest BCUT2D eigenvalue weighted by atomic mass is 79.9. The Balaban J connectivity index is 2.25. The Morgan fingerprint density at radius 2 is 2.16 bits per heavy atom. The first-order chi connectivity index (χ1) is 8.97. The summed E-state index contributed by atoms with van der Waals surface area (Å²) in [6.07, 6.45) is 1.52. The monoisotopic (exact) mass is 340 g/mol. The second-order valence-electron chi connectivity index (χ2n) is 3.95. The molecule has 1 amide bonds. The van der Waals surface area contributed by atoms with Crippen LogP contribution in [-0.4, -0.2) is 16.0 Å². The number of pyridine rings is 1. The fourth-order valence-electron chi connectivity index (χ4n) is 1.51. The topological polar surface area (TPSA) is 62.2 Å².